The minimum Gasteiger partial charge on any atom is -0.450 e. The van der Waals surface area contributed by atoms with E-state index in [1.807, 2.05) is 36.4 Å². The average molecular weight is 463 g/mol. The van der Waals surface area contributed by atoms with Crippen LogP contribution in [0.4, 0.5) is 5.69 Å². The molecule has 0 aliphatic rings. The molecule has 4 aromatic carbocycles. The van der Waals surface area contributed by atoms with Crippen LogP contribution in [0.15, 0.2) is 108 Å². The van der Waals surface area contributed by atoms with Crippen LogP contribution in [-0.2, 0) is 0 Å². The van der Waals surface area contributed by atoms with E-state index in [1.165, 1.54) is 12.1 Å². The van der Waals surface area contributed by atoms with Crippen LogP contribution >= 0.6 is 0 Å². The van der Waals surface area contributed by atoms with Crippen molar-refractivity contribution in [3.05, 3.63) is 124 Å². The molecule has 35 heavy (non-hydrogen) atoms. The molecule has 0 spiro atoms. The second-order valence-electron chi connectivity index (χ2n) is 7.54. The van der Waals surface area contributed by atoms with Crippen molar-refractivity contribution in [1.82, 2.24) is 10.2 Å². The Labute approximate surface area is 199 Å². The van der Waals surface area contributed by atoms with Gasteiger partial charge in [0, 0.05) is 28.3 Å². The van der Waals surface area contributed by atoms with Crippen LogP contribution in [0.25, 0.3) is 22.9 Å². The lowest BCUT2D eigenvalue weighted by Crippen LogP contribution is -2.00. The van der Waals surface area contributed by atoms with Crippen molar-refractivity contribution < 1.29 is 18.9 Å². The van der Waals surface area contributed by atoms with Gasteiger partial charge in [-0.05, 0) is 48.5 Å². The summed E-state index contributed by atoms with van der Waals surface area (Å²) in [6.45, 7) is 0. The minimum atomic E-state index is -0.541. The summed E-state index contributed by atoms with van der Waals surface area (Å²) in [6, 6.07) is 29.0. The molecular weight excluding hydrogens is 446 g/mol. The van der Waals surface area contributed by atoms with E-state index in [0.717, 1.165) is 5.56 Å². The Bertz CT molecular complexity index is 1500. The molecule has 170 valence electrons. The van der Waals surface area contributed by atoms with E-state index in [-0.39, 0.29) is 23.1 Å². The number of aromatic nitrogens is 2. The van der Waals surface area contributed by atoms with Crippen LogP contribution < -0.4 is 4.74 Å². The van der Waals surface area contributed by atoms with Crippen molar-refractivity contribution in [3.8, 4) is 34.4 Å². The number of ether oxygens (including phenoxy) is 1. The molecule has 0 fully saturated rings. The maximum Gasteiger partial charge on any atom is 0.312 e. The highest BCUT2D eigenvalue weighted by Gasteiger charge is 2.20. The van der Waals surface area contributed by atoms with Crippen LogP contribution in [0.2, 0.25) is 0 Å². The third-order valence-electron chi connectivity index (χ3n) is 5.23. The Morgan fingerprint density at radius 1 is 0.743 bits per heavy atom. The molecule has 0 aliphatic carbocycles. The Hall–Kier alpha value is -5.11. The quantitative estimate of drug-likeness (QED) is 0.157. The molecule has 0 atom stereocenters. The van der Waals surface area contributed by atoms with Gasteiger partial charge in [-0.25, -0.2) is 0 Å². The average Bonchev–Trinajstić information content (AvgIpc) is 3.40. The molecule has 1 heterocycles. The highest BCUT2D eigenvalue weighted by atomic mass is 16.6. The summed E-state index contributed by atoms with van der Waals surface area (Å²) in [6.07, 6.45) is 0. The Morgan fingerprint density at radius 2 is 1.34 bits per heavy atom. The number of nitro groups is 1. The Kier molecular flexibility index (Phi) is 5.83. The van der Waals surface area contributed by atoms with Gasteiger partial charge in [-0.3, -0.25) is 14.9 Å². The van der Waals surface area contributed by atoms with E-state index in [1.54, 1.807) is 54.6 Å². The molecule has 5 aromatic rings. The van der Waals surface area contributed by atoms with Gasteiger partial charge in [0.15, 0.2) is 5.78 Å². The molecule has 0 amide bonds. The number of hydrogen-bond acceptors (Lipinski definition) is 7. The standard InChI is InChI=1S/C27H17N3O5/c31-25(18-7-3-1-4-8-18)19-11-14-22(15-12-19)34-24-16-13-21(17-23(24)30(32)33)27-29-28-26(35-27)20-9-5-2-6-10-20/h1-17H. The third-order valence-corrected chi connectivity index (χ3v) is 5.23. The number of benzene rings is 4. The first kappa shape index (κ1) is 21.7. The van der Waals surface area contributed by atoms with E-state index < -0.39 is 4.92 Å². The molecule has 0 unspecified atom stereocenters. The molecule has 0 N–H and O–H groups in total. The van der Waals surface area contributed by atoms with Crippen LogP contribution in [0.1, 0.15) is 15.9 Å². The number of carbonyl (C=O) groups is 1. The van der Waals surface area contributed by atoms with E-state index in [4.69, 9.17) is 9.15 Å². The second kappa shape index (κ2) is 9.40. The topological polar surface area (TPSA) is 108 Å². The van der Waals surface area contributed by atoms with Crippen molar-refractivity contribution in [2.75, 3.05) is 0 Å². The van der Waals surface area contributed by atoms with Crippen molar-refractivity contribution in [1.29, 1.82) is 0 Å². The first-order valence-electron chi connectivity index (χ1n) is 10.6. The summed E-state index contributed by atoms with van der Waals surface area (Å²) < 4.78 is 11.5. The van der Waals surface area contributed by atoms with Gasteiger partial charge >= 0.3 is 5.69 Å². The number of ketones is 1. The molecule has 0 bridgehead atoms. The lowest BCUT2D eigenvalue weighted by atomic mass is 10.0. The molecular formula is C27H17N3O5. The number of nitrogens with zero attached hydrogens (tertiary/aromatic N) is 3. The molecule has 0 saturated heterocycles. The van der Waals surface area contributed by atoms with Gasteiger partial charge in [-0.15, -0.1) is 10.2 Å². The number of hydrogen-bond donors (Lipinski definition) is 0. The van der Waals surface area contributed by atoms with Crippen molar-refractivity contribution in [3.63, 3.8) is 0 Å². The summed E-state index contributed by atoms with van der Waals surface area (Å²) in [5, 5.41) is 19.8. The van der Waals surface area contributed by atoms with Crippen molar-refractivity contribution in [2.24, 2.45) is 0 Å². The van der Waals surface area contributed by atoms with Gasteiger partial charge in [0.05, 0.1) is 4.92 Å². The van der Waals surface area contributed by atoms with Crippen LogP contribution in [0.3, 0.4) is 0 Å². The lowest BCUT2D eigenvalue weighted by Gasteiger charge is -2.08. The summed E-state index contributed by atoms with van der Waals surface area (Å²) in [4.78, 5) is 23.8. The molecule has 1 aromatic heterocycles. The maximum absolute atomic E-state index is 12.6. The van der Waals surface area contributed by atoms with Gasteiger partial charge < -0.3 is 9.15 Å². The van der Waals surface area contributed by atoms with E-state index in [9.17, 15) is 14.9 Å². The first-order valence-corrected chi connectivity index (χ1v) is 10.6. The zero-order valence-electron chi connectivity index (χ0n) is 18.2. The summed E-state index contributed by atoms with van der Waals surface area (Å²) in [7, 11) is 0. The molecule has 5 rings (SSSR count). The number of carbonyl (C=O) groups excluding carboxylic acids is 1. The zero-order chi connectivity index (χ0) is 24.2. The zero-order valence-corrected chi connectivity index (χ0v) is 18.2. The largest absolute Gasteiger partial charge is 0.450 e. The molecule has 0 saturated carbocycles. The maximum atomic E-state index is 12.6. The fourth-order valence-corrected chi connectivity index (χ4v) is 3.47. The number of rotatable bonds is 7. The lowest BCUT2D eigenvalue weighted by molar-refractivity contribution is -0.385. The summed E-state index contributed by atoms with van der Waals surface area (Å²) in [5.41, 5.74) is 1.94. The van der Waals surface area contributed by atoms with Crippen molar-refractivity contribution in [2.45, 2.75) is 0 Å². The fraction of sp³-hybridized carbons (Fsp3) is 0. The highest BCUT2D eigenvalue weighted by Crippen LogP contribution is 2.35. The Balaban J connectivity index is 1.38. The normalized spacial score (nSPS) is 10.6. The third kappa shape index (κ3) is 4.67. The van der Waals surface area contributed by atoms with Gasteiger partial charge in [0.2, 0.25) is 17.5 Å². The van der Waals surface area contributed by atoms with E-state index in [2.05, 4.69) is 10.2 Å². The fourth-order valence-electron chi connectivity index (χ4n) is 3.47. The van der Waals surface area contributed by atoms with Crippen LogP contribution in [0, 0.1) is 10.1 Å². The predicted molar refractivity (Wildman–Crippen MR) is 128 cm³/mol. The van der Waals surface area contributed by atoms with Gasteiger partial charge in [0.1, 0.15) is 5.75 Å². The Morgan fingerprint density at radius 3 is 2.00 bits per heavy atom. The van der Waals surface area contributed by atoms with Crippen molar-refractivity contribution >= 4 is 11.5 Å². The molecule has 0 radical (unpaired) electrons. The number of nitro benzene ring substituents is 1. The van der Waals surface area contributed by atoms with E-state index >= 15 is 0 Å². The molecule has 0 aliphatic heterocycles. The SMILES string of the molecule is O=C(c1ccccc1)c1ccc(Oc2ccc(-c3nnc(-c4ccccc4)o3)cc2[N+](=O)[O-])cc1. The van der Waals surface area contributed by atoms with Gasteiger partial charge in [-0.2, -0.15) is 0 Å². The summed E-state index contributed by atoms with van der Waals surface area (Å²) in [5.74, 6) is 0.746. The minimum absolute atomic E-state index is 0.0451. The highest BCUT2D eigenvalue weighted by molar-refractivity contribution is 6.09. The van der Waals surface area contributed by atoms with Gasteiger partial charge in [0.25, 0.3) is 0 Å². The first-order chi connectivity index (χ1) is 17.1. The predicted octanol–water partition coefficient (Wildman–Crippen LogP) is 6.34. The smallest absolute Gasteiger partial charge is 0.312 e. The molecule has 8 nitrogen and oxygen atoms in total. The van der Waals surface area contributed by atoms with Gasteiger partial charge in [-0.1, -0.05) is 48.5 Å². The summed E-state index contributed by atoms with van der Waals surface area (Å²) >= 11 is 0. The molecule has 8 heteroatoms. The second-order valence-corrected chi connectivity index (χ2v) is 7.54. The van der Waals surface area contributed by atoms with E-state index in [0.29, 0.717) is 28.3 Å². The van der Waals surface area contributed by atoms with Crippen LogP contribution in [-0.4, -0.2) is 20.9 Å². The van der Waals surface area contributed by atoms with Crippen LogP contribution in [0.5, 0.6) is 11.5 Å². The monoisotopic (exact) mass is 463 g/mol.